The Kier molecular flexibility index (Phi) is 4.90. The highest BCUT2D eigenvalue weighted by Gasteiger charge is 2.08. The van der Waals surface area contributed by atoms with Gasteiger partial charge < -0.3 is 10.6 Å². The van der Waals surface area contributed by atoms with Gasteiger partial charge in [-0.25, -0.2) is 0 Å². The largest absolute Gasteiger partial charge is 0.369 e. The predicted molar refractivity (Wildman–Crippen MR) is 80.2 cm³/mol. The number of hydrogen-bond donors (Lipinski definition) is 2. The topological polar surface area (TPSA) is 66.9 Å². The summed E-state index contributed by atoms with van der Waals surface area (Å²) in [5, 5.41) is 14.2. The average Bonchev–Trinajstić information content (AvgIpc) is 2.45. The van der Waals surface area contributed by atoms with E-state index in [1.54, 1.807) is 36.4 Å². The number of hydrogen-bond acceptors (Lipinski definition) is 4. The van der Waals surface area contributed by atoms with E-state index in [4.69, 9.17) is 11.6 Å². The minimum Gasteiger partial charge on any atom is -0.369 e. The molecule has 0 atom stereocenters. The molecule has 0 aliphatic rings. The molecule has 1 amide bonds. The second-order valence-corrected chi connectivity index (χ2v) is 4.63. The van der Waals surface area contributed by atoms with Gasteiger partial charge in [0.15, 0.2) is 5.69 Å². The van der Waals surface area contributed by atoms with E-state index >= 15 is 0 Å². The van der Waals surface area contributed by atoms with Gasteiger partial charge in [0.05, 0.1) is 0 Å². The van der Waals surface area contributed by atoms with Crippen LogP contribution in [0.1, 0.15) is 23.8 Å². The Morgan fingerprint density at radius 2 is 2.10 bits per heavy atom. The van der Waals surface area contributed by atoms with Crippen LogP contribution in [0, 0.1) is 0 Å². The van der Waals surface area contributed by atoms with Gasteiger partial charge >= 0.3 is 0 Å². The van der Waals surface area contributed by atoms with Crippen LogP contribution in [0.5, 0.6) is 0 Å². The molecule has 2 rings (SSSR count). The first-order valence-electron chi connectivity index (χ1n) is 6.33. The molecule has 0 saturated heterocycles. The Morgan fingerprint density at radius 3 is 2.75 bits per heavy atom. The molecule has 1 heterocycles. The van der Waals surface area contributed by atoms with Crippen LogP contribution in [0.3, 0.4) is 0 Å². The van der Waals surface area contributed by atoms with Crippen molar-refractivity contribution in [2.24, 2.45) is 0 Å². The summed E-state index contributed by atoms with van der Waals surface area (Å²) in [6, 6.07) is 10.3. The lowest BCUT2D eigenvalue weighted by molar-refractivity contribution is 0.102. The van der Waals surface area contributed by atoms with Crippen molar-refractivity contribution in [3.63, 3.8) is 0 Å². The van der Waals surface area contributed by atoms with E-state index in [2.05, 4.69) is 27.8 Å². The SMILES string of the molecule is CCCNc1ccc(C(=O)Nc2cccc(Cl)c2)nn1. The van der Waals surface area contributed by atoms with Crippen molar-refractivity contribution in [1.82, 2.24) is 10.2 Å². The lowest BCUT2D eigenvalue weighted by atomic mass is 10.3. The number of nitrogens with one attached hydrogen (secondary N) is 2. The Labute approximate surface area is 122 Å². The normalized spacial score (nSPS) is 10.1. The standard InChI is InChI=1S/C14H15ClN4O/c1-2-8-16-13-7-6-12(18-19-13)14(20)17-11-5-3-4-10(15)9-11/h3-7,9H,2,8H2,1H3,(H,16,19)(H,17,20). The van der Waals surface area contributed by atoms with Crippen molar-refractivity contribution in [3.8, 4) is 0 Å². The maximum absolute atomic E-state index is 12.0. The number of aromatic nitrogens is 2. The summed E-state index contributed by atoms with van der Waals surface area (Å²) < 4.78 is 0. The Balaban J connectivity index is 2.02. The zero-order chi connectivity index (χ0) is 14.4. The van der Waals surface area contributed by atoms with Gasteiger partial charge in [-0.3, -0.25) is 4.79 Å². The number of halogens is 1. The van der Waals surface area contributed by atoms with Gasteiger partial charge in [-0.2, -0.15) is 0 Å². The van der Waals surface area contributed by atoms with Crippen LogP contribution in [-0.4, -0.2) is 22.6 Å². The molecular formula is C14H15ClN4O. The molecule has 6 heteroatoms. The summed E-state index contributed by atoms with van der Waals surface area (Å²) in [7, 11) is 0. The number of rotatable bonds is 5. The van der Waals surface area contributed by atoms with Crippen molar-refractivity contribution in [1.29, 1.82) is 0 Å². The number of amides is 1. The van der Waals surface area contributed by atoms with E-state index in [0.717, 1.165) is 13.0 Å². The number of carbonyl (C=O) groups is 1. The van der Waals surface area contributed by atoms with Crippen LogP contribution in [0.25, 0.3) is 0 Å². The zero-order valence-corrected chi connectivity index (χ0v) is 11.8. The summed E-state index contributed by atoms with van der Waals surface area (Å²) in [5.41, 5.74) is 0.879. The summed E-state index contributed by atoms with van der Waals surface area (Å²) in [4.78, 5) is 12.0. The Morgan fingerprint density at radius 1 is 1.25 bits per heavy atom. The van der Waals surface area contributed by atoms with Crippen molar-refractivity contribution >= 4 is 29.0 Å². The second-order valence-electron chi connectivity index (χ2n) is 4.20. The number of nitrogens with zero attached hydrogens (tertiary/aromatic N) is 2. The van der Waals surface area contributed by atoms with Crippen LogP contribution in [0.4, 0.5) is 11.5 Å². The fourth-order valence-corrected chi connectivity index (χ4v) is 1.75. The molecule has 104 valence electrons. The highest BCUT2D eigenvalue weighted by atomic mass is 35.5. The fraction of sp³-hybridized carbons (Fsp3) is 0.214. The van der Waals surface area contributed by atoms with Gasteiger partial charge in [-0.1, -0.05) is 24.6 Å². The van der Waals surface area contributed by atoms with E-state index in [0.29, 0.717) is 16.5 Å². The zero-order valence-electron chi connectivity index (χ0n) is 11.1. The molecule has 0 fully saturated rings. The van der Waals surface area contributed by atoms with E-state index in [1.807, 2.05) is 0 Å². The molecule has 0 aliphatic carbocycles. The van der Waals surface area contributed by atoms with Crippen molar-refractivity contribution in [3.05, 3.63) is 47.1 Å². The lowest BCUT2D eigenvalue weighted by Crippen LogP contribution is -2.15. The van der Waals surface area contributed by atoms with Crippen LogP contribution < -0.4 is 10.6 Å². The van der Waals surface area contributed by atoms with E-state index in [9.17, 15) is 4.79 Å². The molecule has 20 heavy (non-hydrogen) atoms. The van der Waals surface area contributed by atoms with Crippen LogP contribution in [0.15, 0.2) is 36.4 Å². The Hall–Kier alpha value is -2.14. The third-order valence-electron chi connectivity index (χ3n) is 2.54. The molecule has 0 aliphatic heterocycles. The predicted octanol–water partition coefficient (Wildman–Crippen LogP) is 3.20. The van der Waals surface area contributed by atoms with Crippen molar-refractivity contribution < 1.29 is 4.79 Å². The quantitative estimate of drug-likeness (QED) is 0.887. The summed E-state index contributed by atoms with van der Waals surface area (Å²) >= 11 is 5.86. The number of anilines is 2. The van der Waals surface area contributed by atoms with E-state index in [1.165, 1.54) is 0 Å². The molecule has 2 N–H and O–H groups in total. The monoisotopic (exact) mass is 290 g/mol. The highest BCUT2D eigenvalue weighted by molar-refractivity contribution is 6.30. The van der Waals surface area contributed by atoms with Gasteiger partial charge in [0.1, 0.15) is 5.82 Å². The van der Waals surface area contributed by atoms with Crippen LogP contribution >= 0.6 is 11.6 Å². The molecule has 0 unspecified atom stereocenters. The third-order valence-corrected chi connectivity index (χ3v) is 2.77. The molecular weight excluding hydrogens is 276 g/mol. The molecule has 5 nitrogen and oxygen atoms in total. The van der Waals surface area contributed by atoms with Crippen molar-refractivity contribution in [2.75, 3.05) is 17.2 Å². The molecule has 0 bridgehead atoms. The number of benzene rings is 1. The van der Waals surface area contributed by atoms with E-state index < -0.39 is 0 Å². The summed E-state index contributed by atoms with van der Waals surface area (Å²) in [6.07, 6.45) is 0.999. The van der Waals surface area contributed by atoms with Gasteiger partial charge in [0.2, 0.25) is 0 Å². The molecule has 0 spiro atoms. The van der Waals surface area contributed by atoms with E-state index in [-0.39, 0.29) is 11.6 Å². The van der Waals surface area contributed by atoms with Gasteiger partial charge in [-0.05, 0) is 36.8 Å². The first-order valence-corrected chi connectivity index (χ1v) is 6.71. The highest BCUT2D eigenvalue weighted by Crippen LogP contribution is 2.15. The lowest BCUT2D eigenvalue weighted by Gasteiger charge is -2.06. The number of carbonyl (C=O) groups excluding carboxylic acids is 1. The maximum Gasteiger partial charge on any atom is 0.276 e. The minimum absolute atomic E-state index is 0.257. The molecule has 1 aromatic heterocycles. The minimum atomic E-state index is -0.318. The first-order chi connectivity index (χ1) is 9.69. The molecule has 2 aromatic rings. The van der Waals surface area contributed by atoms with Crippen LogP contribution in [0.2, 0.25) is 5.02 Å². The fourth-order valence-electron chi connectivity index (χ4n) is 1.56. The molecule has 1 aromatic carbocycles. The van der Waals surface area contributed by atoms with Gasteiger partial charge in [0, 0.05) is 17.3 Å². The average molecular weight is 291 g/mol. The molecule has 0 saturated carbocycles. The van der Waals surface area contributed by atoms with Gasteiger partial charge in [-0.15, -0.1) is 10.2 Å². The smallest absolute Gasteiger partial charge is 0.276 e. The second kappa shape index (κ2) is 6.86. The van der Waals surface area contributed by atoms with Gasteiger partial charge in [0.25, 0.3) is 5.91 Å². The maximum atomic E-state index is 12.0. The van der Waals surface area contributed by atoms with Crippen molar-refractivity contribution in [2.45, 2.75) is 13.3 Å². The molecule has 0 radical (unpaired) electrons. The Bertz CT molecular complexity index is 586. The summed E-state index contributed by atoms with van der Waals surface area (Å²) in [5.74, 6) is 0.341. The van der Waals surface area contributed by atoms with Crippen LogP contribution in [-0.2, 0) is 0 Å². The first kappa shape index (κ1) is 14.3. The third kappa shape index (κ3) is 3.93. The summed E-state index contributed by atoms with van der Waals surface area (Å²) in [6.45, 7) is 2.88.